The second-order valence-corrected chi connectivity index (χ2v) is 7.53. The molecule has 29 heavy (non-hydrogen) atoms. The predicted molar refractivity (Wildman–Crippen MR) is 112 cm³/mol. The molecule has 2 heterocycles. The summed E-state index contributed by atoms with van der Waals surface area (Å²) in [6, 6.07) is 18.1. The Hall–Kier alpha value is -3.25. The highest BCUT2D eigenvalue weighted by Crippen LogP contribution is 2.22. The normalized spacial score (nSPS) is 13.8. The highest BCUT2D eigenvalue weighted by Gasteiger charge is 2.24. The molecule has 0 aliphatic carbocycles. The Morgan fingerprint density at radius 3 is 2.52 bits per heavy atom. The molecule has 6 nitrogen and oxygen atoms in total. The summed E-state index contributed by atoms with van der Waals surface area (Å²) in [5.74, 6) is -0.0576. The number of hydrogen-bond acceptors (Lipinski definition) is 4. The molecule has 0 saturated heterocycles. The van der Waals surface area contributed by atoms with Crippen molar-refractivity contribution in [3.05, 3.63) is 87.3 Å². The molecule has 1 aromatic heterocycles. The van der Waals surface area contributed by atoms with Crippen molar-refractivity contribution < 1.29 is 4.79 Å². The smallest absolute Gasteiger partial charge is 0.257 e. The zero-order valence-electron chi connectivity index (χ0n) is 16.5. The maximum Gasteiger partial charge on any atom is 0.257 e. The van der Waals surface area contributed by atoms with Gasteiger partial charge in [0.1, 0.15) is 12.4 Å². The fourth-order valence-electron chi connectivity index (χ4n) is 3.78. The first-order chi connectivity index (χ1) is 14.0. The van der Waals surface area contributed by atoms with Crippen LogP contribution >= 0.6 is 0 Å². The summed E-state index contributed by atoms with van der Waals surface area (Å²) in [5.41, 5.74) is 9.87. The van der Waals surface area contributed by atoms with Crippen LogP contribution in [0.1, 0.15) is 22.4 Å². The lowest BCUT2D eigenvalue weighted by atomic mass is 10.0. The van der Waals surface area contributed by atoms with Gasteiger partial charge in [0.15, 0.2) is 0 Å². The zero-order chi connectivity index (χ0) is 20.4. The molecule has 0 unspecified atom stereocenters. The molecule has 0 saturated carbocycles. The first-order valence-corrected chi connectivity index (χ1v) is 9.75. The highest BCUT2D eigenvalue weighted by molar-refractivity contribution is 5.74. The molecule has 0 spiro atoms. The van der Waals surface area contributed by atoms with Gasteiger partial charge in [-0.25, -0.2) is 4.98 Å². The Morgan fingerprint density at radius 2 is 1.83 bits per heavy atom. The quantitative estimate of drug-likeness (QED) is 0.727. The Labute approximate surface area is 169 Å². The number of carbonyl (C=O) groups excluding carboxylic acids is 1. The lowest BCUT2D eigenvalue weighted by Crippen LogP contribution is -2.39. The number of rotatable bonds is 5. The number of aromatic nitrogens is 2. The van der Waals surface area contributed by atoms with Gasteiger partial charge in [0.05, 0.1) is 5.69 Å². The third-order valence-electron chi connectivity index (χ3n) is 5.27. The van der Waals surface area contributed by atoms with Crippen molar-refractivity contribution >= 4 is 5.91 Å². The Bertz CT molecular complexity index is 1090. The van der Waals surface area contributed by atoms with Gasteiger partial charge in [-0.1, -0.05) is 60.2 Å². The summed E-state index contributed by atoms with van der Waals surface area (Å²) >= 11 is 0. The number of hydrogen-bond donors (Lipinski definition) is 1. The minimum absolute atomic E-state index is 0.163. The van der Waals surface area contributed by atoms with Gasteiger partial charge in [-0.15, -0.1) is 0 Å². The second-order valence-electron chi connectivity index (χ2n) is 7.53. The van der Waals surface area contributed by atoms with Crippen LogP contribution in [0.25, 0.3) is 11.4 Å². The van der Waals surface area contributed by atoms with Crippen LogP contribution in [-0.2, 0) is 30.8 Å². The molecule has 0 bridgehead atoms. The molecule has 148 valence electrons. The average molecular weight is 388 g/mol. The predicted octanol–water partition coefficient (Wildman–Crippen LogP) is 2.26. The van der Waals surface area contributed by atoms with Crippen LogP contribution in [0.4, 0.5) is 0 Å². The molecule has 0 radical (unpaired) electrons. The van der Waals surface area contributed by atoms with Crippen LogP contribution in [-0.4, -0.2) is 26.9 Å². The Kier molecular flexibility index (Phi) is 5.27. The van der Waals surface area contributed by atoms with Gasteiger partial charge in [0.25, 0.3) is 5.56 Å². The van der Waals surface area contributed by atoms with Crippen molar-refractivity contribution in [3.8, 4) is 11.4 Å². The molecule has 0 atom stereocenters. The van der Waals surface area contributed by atoms with Gasteiger partial charge in [0, 0.05) is 30.8 Å². The van der Waals surface area contributed by atoms with Crippen LogP contribution in [0, 0.1) is 6.92 Å². The average Bonchev–Trinajstić information content (AvgIpc) is 2.71. The van der Waals surface area contributed by atoms with Crippen molar-refractivity contribution in [2.75, 3.05) is 6.54 Å². The number of fused-ring (bicyclic) bond motifs is 1. The summed E-state index contributed by atoms with van der Waals surface area (Å²) in [6.07, 6.45) is 0.612. The summed E-state index contributed by atoms with van der Waals surface area (Å²) in [5, 5.41) is 0. The second kappa shape index (κ2) is 8.01. The molecule has 1 amide bonds. The van der Waals surface area contributed by atoms with Crippen LogP contribution in [0.2, 0.25) is 0 Å². The van der Waals surface area contributed by atoms with E-state index in [0.29, 0.717) is 24.4 Å². The number of benzene rings is 2. The molecule has 1 aliphatic rings. The molecular formula is C23H24N4O2. The first kappa shape index (κ1) is 19.1. The van der Waals surface area contributed by atoms with E-state index in [4.69, 9.17) is 10.7 Å². The van der Waals surface area contributed by atoms with Gasteiger partial charge in [-0.3, -0.25) is 19.1 Å². The zero-order valence-corrected chi connectivity index (χ0v) is 16.5. The van der Waals surface area contributed by atoms with Crippen LogP contribution in [0.3, 0.4) is 0 Å². The highest BCUT2D eigenvalue weighted by atomic mass is 16.2. The van der Waals surface area contributed by atoms with E-state index in [1.807, 2.05) is 49.4 Å². The van der Waals surface area contributed by atoms with Crippen LogP contribution in [0.15, 0.2) is 59.4 Å². The largest absolute Gasteiger partial charge is 0.368 e. The lowest BCUT2D eigenvalue weighted by molar-refractivity contribution is -0.118. The minimum Gasteiger partial charge on any atom is -0.368 e. The number of carbonyl (C=O) groups is 1. The topological polar surface area (TPSA) is 81.2 Å². The van der Waals surface area contributed by atoms with Gasteiger partial charge in [-0.2, -0.15) is 0 Å². The molecule has 1 aliphatic heterocycles. The fourth-order valence-corrected chi connectivity index (χ4v) is 3.78. The van der Waals surface area contributed by atoms with E-state index >= 15 is 0 Å². The Balaban J connectivity index is 1.73. The molecule has 0 fully saturated rings. The number of nitrogens with two attached hydrogens (primary N) is 1. The summed E-state index contributed by atoms with van der Waals surface area (Å²) in [7, 11) is 0. The molecule has 2 aromatic carbocycles. The van der Waals surface area contributed by atoms with E-state index in [9.17, 15) is 9.59 Å². The van der Waals surface area contributed by atoms with Crippen LogP contribution < -0.4 is 11.3 Å². The summed E-state index contributed by atoms with van der Waals surface area (Å²) < 4.78 is 1.42. The molecular weight excluding hydrogens is 364 g/mol. The number of aryl methyl sites for hydroxylation is 1. The fraction of sp³-hybridized carbons (Fsp3) is 0.261. The monoisotopic (exact) mass is 388 g/mol. The molecule has 3 aromatic rings. The van der Waals surface area contributed by atoms with Gasteiger partial charge < -0.3 is 5.73 Å². The SMILES string of the molecule is Cc1ccc(-c2nc3c(c(=O)n2CC(N)=O)CCN(Cc2ccccc2)C3)cc1. The van der Waals surface area contributed by atoms with E-state index in [-0.39, 0.29) is 12.1 Å². The van der Waals surface area contributed by atoms with Crippen LogP contribution in [0.5, 0.6) is 0 Å². The van der Waals surface area contributed by atoms with Gasteiger partial charge >= 0.3 is 0 Å². The number of nitrogens with zero attached hydrogens (tertiary/aromatic N) is 3. The van der Waals surface area contributed by atoms with Crippen molar-refractivity contribution in [3.63, 3.8) is 0 Å². The molecule has 4 rings (SSSR count). The Morgan fingerprint density at radius 1 is 1.10 bits per heavy atom. The van der Waals surface area contributed by atoms with E-state index in [1.54, 1.807) is 0 Å². The minimum atomic E-state index is -0.552. The maximum atomic E-state index is 13.2. The van der Waals surface area contributed by atoms with E-state index in [0.717, 1.165) is 29.9 Å². The number of amides is 1. The third-order valence-corrected chi connectivity index (χ3v) is 5.27. The van der Waals surface area contributed by atoms with E-state index < -0.39 is 5.91 Å². The van der Waals surface area contributed by atoms with Crippen molar-refractivity contribution in [2.24, 2.45) is 5.73 Å². The molecule has 2 N–H and O–H groups in total. The summed E-state index contributed by atoms with van der Waals surface area (Å²) in [6.45, 7) is 4.03. The van der Waals surface area contributed by atoms with Crippen molar-refractivity contribution in [1.82, 2.24) is 14.5 Å². The maximum absolute atomic E-state index is 13.2. The standard InChI is InChI=1S/C23H24N4O2/c1-16-7-9-18(10-8-16)22-25-20-14-26(13-17-5-3-2-4-6-17)12-11-19(20)23(29)27(22)15-21(24)28/h2-10H,11-15H2,1H3,(H2,24,28). The third kappa shape index (κ3) is 4.12. The number of primary amides is 1. The van der Waals surface area contributed by atoms with E-state index in [2.05, 4.69) is 17.0 Å². The van der Waals surface area contributed by atoms with Crippen molar-refractivity contribution in [1.29, 1.82) is 0 Å². The molecule has 6 heteroatoms. The van der Waals surface area contributed by atoms with Gasteiger partial charge in [-0.05, 0) is 18.9 Å². The van der Waals surface area contributed by atoms with Gasteiger partial charge in [0.2, 0.25) is 5.91 Å². The summed E-state index contributed by atoms with van der Waals surface area (Å²) in [4.78, 5) is 31.9. The lowest BCUT2D eigenvalue weighted by Gasteiger charge is -2.28. The van der Waals surface area contributed by atoms with E-state index in [1.165, 1.54) is 10.1 Å². The van der Waals surface area contributed by atoms with Crippen molar-refractivity contribution in [2.45, 2.75) is 33.0 Å². The first-order valence-electron chi connectivity index (χ1n) is 9.75.